The highest BCUT2D eigenvalue weighted by molar-refractivity contribution is 5.96. The molecule has 0 radical (unpaired) electrons. The summed E-state index contributed by atoms with van der Waals surface area (Å²) in [4.78, 5) is 10.4. The van der Waals surface area contributed by atoms with Crippen LogP contribution in [0.15, 0.2) is 146 Å². The van der Waals surface area contributed by atoms with Crippen LogP contribution in [0.2, 0.25) is 0 Å². The molecule has 2 aromatic heterocycles. The Kier molecular flexibility index (Phi) is 9.25. The molecule has 0 aliphatic carbocycles. The zero-order chi connectivity index (χ0) is 39.4. The van der Waals surface area contributed by atoms with Crippen molar-refractivity contribution in [2.75, 3.05) is 0 Å². The molecule has 0 amide bonds. The average molecular weight is 732 g/mol. The number of pyridine rings is 1. The number of aromatic nitrogens is 3. The van der Waals surface area contributed by atoms with Gasteiger partial charge >= 0.3 is 0 Å². The van der Waals surface area contributed by atoms with Crippen LogP contribution in [-0.2, 0) is 17.9 Å². The number of rotatable bonds is 6. The highest BCUT2D eigenvalue weighted by Crippen LogP contribution is 2.44. The fourth-order valence-corrected chi connectivity index (χ4v) is 7.69. The minimum atomic E-state index is -0.250. The summed E-state index contributed by atoms with van der Waals surface area (Å²) in [6, 6.07) is 49.4. The number of hydrogen-bond acceptors (Lipinski definition) is 3. The summed E-state index contributed by atoms with van der Waals surface area (Å²) < 4.78 is 2.12. The number of benzene rings is 6. The van der Waals surface area contributed by atoms with Crippen molar-refractivity contribution in [3.63, 3.8) is 0 Å². The maximum Gasteiger partial charge on any atom is 0.144 e. The molecule has 0 bridgehead atoms. The number of para-hydroxylation sites is 1. The molecule has 1 N–H and O–H groups in total. The van der Waals surface area contributed by atoms with Crippen LogP contribution in [0.4, 0.5) is 0 Å². The number of phenols is 1. The summed E-state index contributed by atoms with van der Waals surface area (Å²) in [6.07, 6.45) is 1.99. The fourth-order valence-electron chi connectivity index (χ4n) is 7.69. The van der Waals surface area contributed by atoms with E-state index >= 15 is 0 Å². The van der Waals surface area contributed by atoms with E-state index in [1.165, 1.54) is 16.7 Å². The molecule has 2 heterocycles. The Morgan fingerprint density at radius 3 is 1.75 bits per heavy atom. The molecule has 0 saturated carbocycles. The number of imidazole rings is 1. The highest BCUT2D eigenvalue weighted by atomic mass is 16.3. The zero-order valence-electron chi connectivity index (χ0n) is 33.6. The SMILES string of the molecule is Cc1cnc(-c2cc(-c3ccccc3)cc(-c3cccc4c3nc(-c3cc(C(C)(C)C)cc(C(C)(C)C)c3O)n4C)c2)cc1-c1ccc(-c2ccccc2)cc1. The fraction of sp³-hybridized carbons (Fsp3) is 0.192. The molecule has 8 aromatic rings. The van der Waals surface area contributed by atoms with Gasteiger partial charge in [-0.2, -0.15) is 0 Å². The second kappa shape index (κ2) is 14.1. The molecule has 0 saturated heterocycles. The van der Waals surface area contributed by atoms with Crippen molar-refractivity contribution in [1.82, 2.24) is 14.5 Å². The Morgan fingerprint density at radius 2 is 1.11 bits per heavy atom. The van der Waals surface area contributed by atoms with Gasteiger partial charge in [-0.1, -0.05) is 145 Å². The first kappa shape index (κ1) is 36.7. The van der Waals surface area contributed by atoms with Gasteiger partial charge in [-0.25, -0.2) is 4.98 Å². The molecule has 0 aliphatic rings. The normalized spacial score (nSPS) is 12.0. The molecule has 4 nitrogen and oxygen atoms in total. The number of aryl methyl sites for hydroxylation is 2. The first-order valence-corrected chi connectivity index (χ1v) is 19.4. The predicted octanol–water partition coefficient (Wildman–Crippen LogP) is 13.6. The molecule has 0 aliphatic heterocycles. The highest BCUT2D eigenvalue weighted by Gasteiger charge is 2.27. The van der Waals surface area contributed by atoms with Crippen LogP contribution >= 0.6 is 0 Å². The third kappa shape index (κ3) is 6.92. The number of phenolic OH excluding ortho intramolecular Hbond substituents is 1. The van der Waals surface area contributed by atoms with Crippen molar-refractivity contribution in [3.8, 4) is 72.9 Å². The van der Waals surface area contributed by atoms with Gasteiger partial charge in [0.25, 0.3) is 0 Å². The summed E-state index contributed by atoms with van der Waals surface area (Å²) in [5.41, 5.74) is 16.4. The second-order valence-electron chi connectivity index (χ2n) is 17.1. The first-order chi connectivity index (χ1) is 26.8. The lowest BCUT2D eigenvalue weighted by molar-refractivity contribution is 0.446. The van der Waals surface area contributed by atoms with Crippen molar-refractivity contribution in [2.45, 2.75) is 59.3 Å². The van der Waals surface area contributed by atoms with Crippen LogP contribution in [-0.4, -0.2) is 19.6 Å². The molecule has 56 heavy (non-hydrogen) atoms. The van der Waals surface area contributed by atoms with Gasteiger partial charge in [0, 0.05) is 29.9 Å². The molecule has 0 spiro atoms. The van der Waals surface area contributed by atoms with Gasteiger partial charge in [-0.05, 0) is 104 Å². The molecule has 0 fully saturated rings. The summed E-state index contributed by atoms with van der Waals surface area (Å²) in [5.74, 6) is 1.03. The van der Waals surface area contributed by atoms with Gasteiger partial charge in [0.15, 0.2) is 0 Å². The number of aromatic hydroxyl groups is 1. The standard InChI is InChI=1S/C52H49N3O/c1-33-32-53-46(31-43(33)37-24-22-36(23-25-37)34-16-11-9-12-17-34)40-27-38(35-18-13-10-14-19-35)26-39(28-40)42-20-15-21-47-48(42)54-50(55(47)8)44-29-41(51(2,3)4)30-45(49(44)56)52(5,6)7/h9-32,56H,1-8H3. The van der Waals surface area contributed by atoms with Crippen LogP contribution in [0.5, 0.6) is 5.75 Å². The smallest absolute Gasteiger partial charge is 0.144 e. The summed E-state index contributed by atoms with van der Waals surface area (Å²) in [6.45, 7) is 15.2. The summed E-state index contributed by atoms with van der Waals surface area (Å²) >= 11 is 0. The quantitative estimate of drug-likeness (QED) is 0.185. The number of hydrogen-bond donors (Lipinski definition) is 1. The molecular weight excluding hydrogens is 683 g/mol. The van der Waals surface area contributed by atoms with Crippen LogP contribution in [0.1, 0.15) is 58.2 Å². The molecule has 0 atom stereocenters. The molecule has 278 valence electrons. The Labute approximate surface area is 331 Å². The lowest BCUT2D eigenvalue weighted by Gasteiger charge is -2.27. The van der Waals surface area contributed by atoms with E-state index in [1.54, 1.807) is 0 Å². The van der Waals surface area contributed by atoms with Crippen molar-refractivity contribution < 1.29 is 5.11 Å². The third-order valence-electron chi connectivity index (χ3n) is 11.0. The lowest BCUT2D eigenvalue weighted by atomic mass is 9.79. The van der Waals surface area contributed by atoms with Crippen LogP contribution in [0.3, 0.4) is 0 Å². The van der Waals surface area contributed by atoms with Gasteiger partial charge in [0.2, 0.25) is 0 Å². The Bertz CT molecular complexity index is 2710. The van der Waals surface area contributed by atoms with Crippen molar-refractivity contribution in [1.29, 1.82) is 0 Å². The molecule has 0 unspecified atom stereocenters. The minimum Gasteiger partial charge on any atom is -0.507 e. The van der Waals surface area contributed by atoms with Gasteiger partial charge in [0.1, 0.15) is 11.6 Å². The Morgan fingerprint density at radius 1 is 0.518 bits per heavy atom. The molecular formula is C52H49N3O. The van der Waals surface area contributed by atoms with E-state index in [9.17, 15) is 5.11 Å². The second-order valence-corrected chi connectivity index (χ2v) is 17.1. The van der Waals surface area contributed by atoms with Crippen LogP contribution in [0.25, 0.3) is 78.2 Å². The largest absolute Gasteiger partial charge is 0.507 e. The number of nitrogens with zero attached hydrogens (tertiary/aromatic N) is 3. The van der Waals surface area contributed by atoms with E-state index in [1.807, 2.05) is 19.3 Å². The van der Waals surface area contributed by atoms with Crippen molar-refractivity contribution in [2.24, 2.45) is 7.05 Å². The van der Waals surface area contributed by atoms with Crippen LogP contribution < -0.4 is 0 Å². The Hall–Kier alpha value is -6.26. The molecule has 6 aromatic carbocycles. The average Bonchev–Trinajstić information content (AvgIpc) is 3.53. The van der Waals surface area contributed by atoms with E-state index in [-0.39, 0.29) is 16.6 Å². The third-order valence-corrected chi connectivity index (χ3v) is 11.0. The predicted molar refractivity (Wildman–Crippen MR) is 235 cm³/mol. The summed E-state index contributed by atoms with van der Waals surface area (Å²) in [7, 11) is 2.05. The molecule has 8 rings (SSSR count). The van der Waals surface area contributed by atoms with E-state index in [0.29, 0.717) is 0 Å². The maximum atomic E-state index is 11.9. The van der Waals surface area contributed by atoms with Gasteiger partial charge in [-0.15, -0.1) is 0 Å². The van der Waals surface area contributed by atoms with Crippen LogP contribution in [0, 0.1) is 6.92 Å². The van der Waals surface area contributed by atoms with E-state index in [4.69, 9.17) is 9.97 Å². The van der Waals surface area contributed by atoms with Gasteiger partial charge < -0.3 is 9.67 Å². The van der Waals surface area contributed by atoms with Crippen molar-refractivity contribution in [3.05, 3.63) is 162 Å². The van der Waals surface area contributed by atoms with E-state index < -0.39 is 0 Å². The minimum absolute atomic E-state index is 0.109. The lowest BCUT2D eigenvalue weighted by Crippen LogP contribution is -2.17. The van der Waals surface area contributed by atoms with Gasteiger partial charge in [-0.3, -0.25) is 4.98 Å². The summed E-state index contributed by atoms with van der Waals surface area (Å²) in [5, 5.41) is 11.9. The Balaban J connectivity index is 1.28. The number of fused-ring (bicyclic) bond motifs is 1. The van der Waals surface area contributed by atoms with E-state index in [0.717, 1.165) is 78.2 Å². The van der Waals surface area contributed by atoms with E-state index in [2.05, 4.69) is 186 Å². The zero-order valence-corrected chi connectivity index (χ0v) is 33.6. The van der Waals surface area contributed by atoms with Gasteiger partial charge in [0.05, 0.1) is 22.3 Å². The topological polar surface area (TPSA) is 50.9 Å². The monoisotopic (exact) mass is 731 g/mol. The maximum absolute atomic E-state index is 11.9. The first-order valence-electron chi connectivity index (χ1n) is 19.4. The van der Waals surface area contributed by atoms with Crippen molar-refractivity contribution >= 4 is 11.0 Å². The molecule has 4 heteroatoms.